The number of aryl methyl sites for hydroxylation is 1. The van der Waals surface area contributed by atoms with Crippen LogP contribution >= 0.6 is 0 Å². The summed E-state index contributed by atoms with van der Waals surface area (Å²) in [5.74, 6) is -0.0920. The average molecular weight is 375 g/mol. The molecule has 3 rings (SSSR count). The summed E-state index contributed by atoms with van der Waals surface area (Å²) in [4.78, 5) is 24.7. The number of sulfonamides is 1. The van der Waals surface area contributed by atoms with Crippen molar-refractivity contribution in [3.63, 3.8) is 0 Å². The third-order valence-corrected chi connectivity index (χ3v) is 5.80. The SMILES string of the molecule is CNS(=O)(=O)c1ccc(N2CCN(C(=O)c3cc(C)ncn3)CC2)cc1. The summed E-state index contributed by atoms with van der Waals surface area (Å²) in [6, 6.07) is 8.44. The van der Waals surface area contributed by atoms with Crippen molar-refractivity contribution in [2.45, 2.75) is 11.8 Å². The molecule has 0 spiro atoms. The van der Waals surface area contributed by atoms with Gasteiger partial charge in [0.1, 0.15) is 12.0 Å². The maximum atomic E-state index is 12.5. The Balaban J connectivity index is 1.64. The highest BCUT2D eigenvalue weighted by molar-refractivity contribution is 7.89. The molecule has 0 atom stereocenters. The fourth-order valence-electron chi connectivity index (χ4n) is 2.86. The van der Waals surface area contributed by atoms with Crippen LogP contribution in [0.25, 0.3) is 0 Å². The van der Waals surface area contributed by atoms with Crippen molar-refractivity contribution in [3.05, 3.63) is 48.0 Å². The van der Waals surface area contributed by atoms with Crippen LogP contribution in [0.15, 0.2) is 41.6 Å². The molecule has 0 unspecified atom stereocenters. The monoisotopic (exact) mass is 375 g/mol. The van der Waals surface area contributed by atoms with Gasteiger partial charge in [0.2, 0.25) is 10.0 Å². The van der Waals surface area contributed by atoms with Gasteiger partial charge in [-0.2, -0.15) is 0 Å². The van der Waals surface area contributed by atoms with E-state index in [0.717, 1.165) is 11.4 Å². The van der Waals surface area contributed by atoms with E-state index in [2.05, 4.69) is 19.6 Å². The van der Waals surface area contributed by atoms with Crippen LogP contribution in [0.2, 0.25) is 0 Å². The zero-order chi connectivity index (χ0) is 18.7. The Morgan fingerprint density at radius 3 is 2.31 bits per heavy atom. The quantitative estimate of drug-likeness (QED) is 0.843. The summed E-state index contributed by atoms with van der Waals surface area (Å²) in [7, 11) is -2.05. The minimum absolute atomic E-state index is 0.0920. The molecule has 0 bridgehead atoms. The van der Waals surface area contributed by atoms with Gasteiger partial charge in [-0.1, -0.05) is 0 Å². The van der Waals surface area contributed by atoms with Crippen LogP contribution in [-0.4, -0.2) is 62.4 Å². The molecule has 1 N–H and O–H groups in total. The molecule has 2 aromatic rings. The minimum atomic E-state index is -3.43. The van der Waals surface area contributed by atoms with E-state index in [4.69, 9.17) is 0 Å². The zero-order valence-corrected chi connectivity index (χ0v) is 15.5. The van der Waals surface area contributed by atoms with Gasteiger partial charge in [0.25, 0.3) is 5.91 Å². The molecule has 0 aliphatic carbocycles. The molecule has 138 valence electrons. The van der Waals surface area contributed by atoms with Crippen LogP contribution in [-0.2, 0) is 10.0 Å². The van der Waals surface area contributed by atoms with Crippen LogP contribution in [0, 0.1) is 6.92 Å². The molecule has 1 amide bonds. The van der Waals surface area contributed by atoms with E-state index in [0.29, 0.717) is 31.9 Å². The van der Waals surface area contributed by atoms with E-state index in [-0.39, 0.29) is 10.8 Å². The lowest BCUT2D eigenvalue weighted by Gasteiger charge is -2.36. The molecular weight excluding hydrogens is 354 g/mol. The van der Waals surface area contributed by atoms with Gasteiger partial charge in [0.15, 0.2) is 0 Å². The van der Waals surface area contributed by atoms with Crippen molar-refractivity contribution in [2.75, 3.05) is 38.1 Å². The maximum absolute atomic E-state index is 12.5. The topological polar surface area (TPSA) is 95.5 Å². The molecule has 1 aromatic carbocycles. The third-order valence-electron chi connectivity index (χ3n) is 4.37. The van der Waals surface area contributed by atoms with Crippen molar-refractivity contribution in [1.82, 2.24) is 19.6 Å². The molecule has 1 aromatic heterocycles. The average Bonchev–Trinajstić information content (AvgIpc) is 2.67. The predicted molar refractivity (Wildman–Crippen MR) is 97.6 cm³/mol. The van der Waals surface area contributed by atoms with E-state index in [1.54, 1.807) is 35.2 Å². The van der Waals surface area contributed by atoms with E-state index >= 15 is 0 Å². The van der Waals surface area contributed by atoms with E-state index in [1.807, 2.05) is 6.92 Å². The summed E-state index contributed by atoms with van der Waals surface area (Å²) in [5, 5.41) is 0. The summed E-state index contributed by atoms with van der Waals surface area (Å²) >= 11 is 0. The van der Waals surface area contributed by atoms with Crippen molar-refractivity contribution in [2.24, 2.45) is 0 Å². The first-order valence-corrected chi connectivity index (χ1v) is 9.75. The van der Waals surface area contributed by atoms with Gasteiger partial charge in [-0.05, 0) is 44.3 Å². The number of hydrogen-bond acceptors (Lipinski definition) is 6. The first-order chi connectivity index (χ1) is 12.4. The fourth-order valence-corrected chi connectivity index (χ4v) is 3.59. The van der Waals surface area contributed by atoms with Gasteiger partial charge >= 0.3 is 0 Å². The van der Waals surface area contributed by atoms with Crippen LogP contribution in [0.4, 0.5) is 5.69 Å². The van der Waals surface area contributed by atoms with Crippen LogP contribution in [0.3, 0.4) is 0 Å². The highest BCUT2D eigenvalue weighted by Gasteiger charge is 2.23. The molecule has 1 aliphatic rings. The molecule has 1 aliphatic heterocycles. The highest BCUT2D eigenvalue weighted by atomic mass is 32.2. The Morgan fingerprint density at radius 1 is 1.08 bits per heavy atom. The Labute approximate surface area is 152 Å². The standard InChI is InChI=1S/C17H21N5O3S/c1-13-11-16(20-12-19-13)17(23)22-9-7-21(8-10-22)14-3-5-15(6-4-14)26(24,25)18-2/h3-6,11-12,18H,7-10H2,1-2H3. The number of anilines is 1. The normalized spacial score (nSPS) is 15.2. The molecule has 26 heavy (non-hydrogen) atoms. The van der Waals surface area contributed by atoms with Gasteiger partial charge < -0.3 is 9.80 Å². The van der Waals surface area contributed by atoms with Gasteiger partial charge in [-0.3, -0.25) is 4.79 Å². The number of carbonyl (C=O) groups is 1. The second kappa shape index (κ2) is 7.38. The van der Waals surface area contributed by atoms with Gasteiger partial charge in [-0.25, -0.2) is 23.1 Å². The van der Waals surface area contributed by atoms with Crippen molar-refractivity contribution < 1.29 is 13.2 Å². The Kier molecular flexibility index (Phi) is 5.19. The summed E-state index contributed by atoms with van der Waals surface area (Å²) in [5.41, 5.74) is 2.11. The van der Waals surface area contributed by atoms with Crippen molar-refractivity contribution in [1.29, 1.82) is 0 Å². The van der Waals surface area contributed by atoms with Crippen molar-refractivity contribution in [3.8, 4) is 0 Å². The van der Waals surface area contributed by atoms with Gasteiger partial charge in [0.05, 0.1) is 4.90 Å². The summed E-state index contributed by atoms with van der Waals surface area (Å²) < 4.78 is 25.9. The number of hydrogen-bond donors (Lipinski definition) is 1. The number of benzene rings is 1. The van der Waals surface area contributed by atoms with Crippen LogP contribution in [0.5, 0.6) is 0 Å². The highest BCUT2D eigenvalue weighted by Crippen LogP contribution is 2.20. The molecule has 1 saturated heterocycles. The number of carbonyl (C=O) groups excluding carboxylic acids is 1. The van der Waals surface area contributed by atoms with Crippen LogP contribution < -0.4 is 9.62 Å². The Hall–Kier alpha value is -2.52. The molecule has 2 heterocycles. The van der Waals surface area contributed by atoms with Gasteiger partial charge in [-0.15, -0.1) is 0 Å². The minimum Gasteiger partial charge on any atom is -0.368 e. The predicted octanol–water partition coefficient (Wildman–Crippen LogP) is 0.656. The smallest absolute Gasteiger partial charge is 0.272 e. The summed E-state index contributed by atoms with van der Waals surface area (Å²) in [6.07, 6.45) is 1.40. The summed E-state index contributed by atoms with van der Waals surface area (Å²) in [6.45, 7) is 4.34. The molecule has 8 nitrogen and oxygen atoms in total. The zero-order valence-electron chi connectivity index (χ0n) is 14.7. The number of rotatable bonds is 4. The Morgan fingerprint density at radius 2 is 1.73 bits per heavy atom. The second-order valence-electron chi connectivity index (χ2n) is 6.03. The number of amides is 1. The number of piperazine rings is 1. The van der Waals surface area contributed by atoms with Crippen molar-refractivity contribution >= 4 is 21.6 Å². The van der Waals surface area contributed by atoms with E-state index < -0.39 is 10.0 Å². The molecular formula is C17H21N5O3S. The second-order valence-corrected chi connectivity index (χ2v) is 7.91. The maximum Gasteiger partial charge on any atom is 0.272 e. The van der Waals surface area contributed by atoms with Crippen LogP contribution in [0.1, 0.15) is 16.2 Å². The molecule has 1 fully saturated rings. The number of aromatic nitrogens is 2. The lowest BCUT2D eigenvalue weighted by molar-refractivity contribution is 0.0740. The fraction of sp³-hybridized carbons (Fsp3) is 0.353. The number of nitrogens with zero attached hydrogens (tertiary/aromatic N) is 4. The van der Waals surface area contributed by atoms with Gasteiger partial charge in [0, 0.05) is 37.6 Å². The molecule has 0 saturated carbocycles. The number of nitrogens with one attached hydrogen (secondary N) is 1. The first kappa shape index (κ1) is 18.3. The lowest BCUT2D eigenvalue weighted by Crippen LogP contribution is -2.49. The molecule has 9 heteroatoms. The first-order valence-electron chi connectivity index (χ1n) is 8.27. The lowest BCUT2D eigenvalue weighted by atomic mass is 10.2. The third kappa shape index (κ3) is 3.83. The van der Waals surface area contributed by atoms with E-state index in [1.165, 1.54) is 13.4 Å². The Bertz CT molecular complexity index is 891. The largest absolute Gasteiger partial charge is 0.368 e. The molecule has 0 radical (unpaired) electrons. The van der Waals surface area contributed by atoms with E-state index in [9.17, 15) is 13.2 Å².